The molecular formula is C26H54. The predicted molar refractivity (Wildman–Crippen MR) is 122 cm³/mol. The van der Waals surface area contributed by atoms with Crippen LogP contribution in [-0.4, -0.2) is 0 Å². The highest BCUT2D eigenvalue weighted by Gasteiger charge is 1.96. The summed E-state index contributed by atoms with van der Waals surface area (Å²) in [7, 11) is 0. The Morgan fingerprint density at radius 3 is 0.577 bits per heavy atom. The summed E-state index contributed by atoms with van der Waals surface area (Å²) in [5.74, 6) is 0. The van der Waals surface area contributed by atoms with Gasteiger partial charge in [0.15, 0.2) is 0 Å². The first kappa shape index (κ1) is 26.0. The van der Waals surface area contributed by atoms with Gasteiger partial charge in [-0.3, -0.25) is 0 Å². The molecule has 0 unspecified atom stereocenters. The zero-order valence-electron chi connectivity index (χ0n) is 19.0. The van der Waals surface area contributed by atoms with Gasteiger partial charge in [0, 0.05) is 0 Å². The molecule has 0 N–H and O–H groups in total. The Kier molecular flexibility index (Phi) is 25.0. The predicted octanol–water partition coefficient (Wildman–Crippen LogP) is 10.4. The van der Waals surface area contributed by atoms with E-state index >= 15 is 0 Å². The average molecular weight is 367 g/mol. The number of unbranched alkanes of at least 4 members (excludes halogenated alkanes) is 18. The Bertz CT molecular complexity index is 190. The molecule has 0 heterocycles. The van der Waals surface area contributed by atoms with E-state index in [1.807, 2.05) is 0 Å². The quantitative estimate of drug-likeness (QED) is 0.212. The van der Waals surface area contributed by atoms with Crippen molar-refractivity contribution < 1.29 is 0 Å². The molecule has 1 aliphatic rings. The minimum Gasteiger partial charge on any atom is -0.0654 e. The molecule has 0 amide bonds. The van der Waals surface area contributed by atoms with Crippen LogP contribution in [0.25, 0.3) is 0 Å². The molecular weight excluding hydrogens is 312 g/mol. The van der Waals surface area contributed by atoms with Crippen molar-refractivity contribution in [1.82, 2.24) is 0 Å². The molecule has 1 saturated carbocycles. The Hall–Kier alpha value is 0. The Morgan fingerprint density at radius 1 is 0.269 bits per heavy atom. The molecule has 0 saturated heterocycles. The van der Waals surface area contributed by atoms with Crippen LogP contribution in [0.4, 0.5) is 0 Å². The van der Waals surface area contributed by atoms with E-state index in [1.54, 1.807) is 0 Å². The summed E-state index contributed by atoms with van der Waals surface area (Å²) in [6.45, 7) is 4.60. The summed E-state index contributed by atoms with van der Waals surface area (Å²) in [6.07, 6.45) is 35.4. The summed E-state index contributed by atoms with van der Waals surface area (Å²) in [6, 6.07) is 0. The van der Waals surface area contributed by atoms with Crippen molar-refractivity contribution >= 4 is 0 Å². The minimum atomic E-state index is 1.37. The first-order valence-corrected chi connectivity index (χ1v) is 12.9. The maximum Gasteiger partial charge on any atom is -0.0533 e. The van der Waals surface area contributed by atoms with Crippen molar-refractivity contribution in [3.8, 4) is 0 Å². The van der Waals surface area contributed by atoms with Crippen LogP contribution >= 0.6 is 0 Å². The standard InChI is InChI=1S/C21H44.C5H10/c1-3-5-7-9-11-13-15-17-19-21-20-18-16-14-12-10-8-6-4-2;1-2-4-5-3-1/h3-21H2,1-2H3;1-5H2. The lowest BCUT2D eigenvalue weighted by atomic mass is 10.0. The second kappa shape index (κ2) is 25.0. The van der Waals surface area contributed by atoms with Gasteiger partial charge in [0.1, 0.15) is 0 Å². The summed E-state index contributed by atoms with van der Waals surface area (Å²) in [4.78, 5) is 0. The lowest BCUT2D eigenvalue weighted by Crippen LogP contribution is -1.83. The largest absolute Gasteiger partial charge is 0.0654 e. The van der Waals surface area contributed by atoms with Crippen LogP contribution in [0.5, 0.6) is 0 Å². The van der Waals surface area contributed by atoms with Gasteiger partial charge in [-0.1, -0.05) is 168 Å². The van der Waals surface area contributed by atoms with E-state index in [9.17, 15) is 0 Å². The second-order valence-electron chi connectivity index (χ2n) is 8.78. The fourth-order valence-corrected chi connectivity index (χ4v) is 4.04. The topological polar surface area (TPSA) is 0 Å². The molecule has 0 aromatic rings. The highest BCUT2D eigenvalue weighted by molar-refractivity contribution is 4.51. The van der Waals surface area contributed by atoms with Crippen molar-refractivity contribution in [2.45, 2.75) is 168 Å². The lowest BCUT2D eigenvalue weighted by Gasteiger charge is -2.03. The van der Waals surface area contributed by atoms with Crippen molar-refractivity contribution in [3.05, 3.63) is 0 Å². The smallest absolute Gasteiger partial charge is 0.0533 e. The van der Waals surface area contributed by atoms with Gasteiger partial charge >= 0.3 is 0 Å². The van der Waals surface area contributed by atoms with Crippen LogP contribution in [0.1, 0.15) is 168 Å². The molecule has 1 rings (SSSR count). The van der Waals surface area contributed by atoms with Gasteiger partial charge in [-0.2, -0.15) is 0 Å². The molecule has 0 aromatic carbocycles. The van der Waals surface area contributed by atoms with Gasteiger partial charge in [-0.25, -0.2) is 0 Å². The minimum absolute atomic E-state index is 1.37. The average Bonchev–Trinajstić information content (AvgIpc) is 3.24. The van der Waals surface area contributed by atoms with Gasteiger partial charge in [0.05, 0.1) is 0 Å². The summed E-state index contributed by atoms with van der Waals surface area (Å²) >= 11 is 0. The molecule has 1 aliphatic carbocycles. The van der Waals surface area contributed by atoms with Gasteiger partial charge in [-0.15, -0.1) is 0 Å². The SMILES string of the molecule is C1CCCC1.CCCCCCCCCCCCCCCCCCCCC. The highest BCUT2D eigenvalue weighted by Crippen LogP contribution is 2.15. The van der Waals surface area contributed by atoms with Crippen LogP contribution in [0.15, 0.2) is 0 Å². The Balaban J connectivity index is 0.00000106. The molecule has 0 radical (unpaired) electrons. The molecule has 0 spiro atoms. The van der Waals surface area contributed by atoms with Crippen LogP contribution in [0.3, 0.4) is 0 Å². The van der Waals surface area contributed by atoms with Gasteiger partial charge in [-0.05, 0) is 0 Å². The second-order valence-corrected chi connectivity index (χ2v) is 8.78. The fourth-order valence-electron chi connectivity index (χ4n) is 4.04. The third-order valence-electron chi connectivity index (χ3n) is 5.96. The van der Waals surface area contributed by atoms with Crippen LogP contribution < -0.4 is 0 Å². The third-order valence-corrected chi connectivity index (χ3v) is 5.96. The van der Waals surface area contributed by atoms with E-state index in [0.29, 0.717) is 0 Å². The monoisotopic (exact) mass is 366 g/mol. The molecule has 0 aliphatic heterocycles. The Morgan fingerprint density at radius 2 is 0.423 bits per heavy atom. The molecule has 1 fully saturated rings. The zero-order valence-corrected chi connectivity index (χ0v) is 19.0. The highest BCUT2D eigenvalue weighted by atomic mass is 14.0. The molecule has 0 aromatic heterocycles. The first-order valence-electron chi connectivity index (χ1n) is 12.9. The molecule has 0 heteroatoms. The molecule has 0 bridgehead atoms. The number of rotatable bonds is 18. The molecule has 0 nitrogen and oxygen atoms in total. The molecule has 26 heavy (non-hydrogen) atoms. The number of hydrogen-bond donors (Lipinski definition) is 0. The molecule has 0 atom stereocenters. The van der Waals surface area contributed by atoms with E-state index < -0.39 is 0 Å². The summed E-state index contributed by atoms with van der Waals surface area (Å²) < 4.78 is 0. The van der Waals surface area contributed by atoms with Crippen molar-refractivity contribution in [2.75, 3.05) is 0 Å². The zero-order chi connectivity index (χ0) is 19.0. The summed E-state index contributed by atoms with van der Waals surface area (Å²) in [5.41, 5.74) is 0. The maximum absolute atomic E-state index is 2.30. The normalized spacial score (nSPS) is 13.6. The van der Waals surface area contributed by atoms with Crippen LogP contribution in [0, 0.1) is 0 Å². The molecule has 158 valence electrons. The van der Waals surface area contributed by atoms with E-state index in [0.717, 1.165) is 0 Å². The first-order chi connectivity index (χ1) is 12.9. The van der Waals surface area contributed by atoms with E-state index in [-0.39, 0.29) is 0 Å². The van der Waals surface area contributed by atoms with Crippen LogP contribution in [-0.2, 0) is 0 Å². The summed E-state index contributed by atoms with van der Waals surface area (Å²) in [5, 5.41) is 0. The van der Waals surface area contributed by atoms with E-state index in [2.05, 4.69) is 13.8 Å². The maximum atomic E-state index is 2.30. The van der Waals surface area contributed by atoms with Gasteiger partial charge in [0.2, 0.25) is 0 Å². The van der Waals surface area contributed by atoms with Crippen LogP contribution in [0.2, 0.25) is 0 Å². The van der Waals surface area contributed by atoms with E-state index in [1.165, 1.54) is 154 Å². The van der Waals surface area contributed by atoms with Crippen molar-refractivity contribution in [1.29, 1.82) is 0 Å². The Labute approximate surface area is 168 Å². The fraction of sp³-hybridized carbons (Fsp3) is 1.00. The van der Waals surface area contributed by atoms with Crippen molar-refractivity contribution in [3.63, 3.8) is 0 Å². The van der Waals surface area contributed by atoms with Crippen molar-refractivity contribution in [2.24, 2.45) is 0 Å². The lowest BCUT2D eigenvalue weighted by molar-refractivity contribution is 0.524. The number of hydrogen-bond acceptors (Lipinski definition) is 0. The van der Waals surface area contributed by atoms with Gasteiger partial charge < -0.3 is 0 Å². The third kappa shape index (κ3) is 24.0. The van der Waals surface area contributed by atoms with Gasteiger partial charge in [0.25, 0.3) is 0 Å². The van der Waals surface area contributed by atoms with E-state index in [4.69, 9.17) is 0 Å².